The van der Waals surface area contributed by atoms with E-state index < -0.39 is 11.7 Å². The van der Waals surface area contributed by atoms with E-state index in [1.807, 2.05) is 4.68 Å². The van der Waals surface area contributed by atoms with Gasteiger partial charge in [-0.2, -0.15) is 18.3 Å². The zero-order valence-electron chi connectivity index (χ0n) is 17.2. The molecule has 1 aromatic carbocycles. The molecule has 0 aliphatic carbocycles. The number of rotatable bonds is 4. The third-order valence-corrected chi connectivity index (χ3v) is 4.53. The minimum Gasteiger partial charge on any atom is -0.377 e. The molecule has 2 N–H and O–H groups in total. The number of aryl methyl sites for hydroxylation is 1. The van der Waals surface area contributed by atoms with E-state index in [9.17, 15) is 13.2 Å². The van der Waals surface area contributed by atoms with Gasteiger partial charge in [-0.3, -0.25) is 4.99 Å². The summed E-state index contributed by atoms with van der Waals surface area (Å²) in [5.74, 6) is 7.95. The van der Waals surface area contributed by atoms with Crippen LogP contribution in [0.4, 0.5) is 13.2 Å². The van der Waals surface area contributed by atoms with E-state index >= 15 is 0 Å². The molecule has 2 heterocycles. The molecule has 168 valence electrons. The molecule has 0 bridgehead atoms. The summed E-state index contributed by atoms with van der Waals surface area (Å²) in [4.78, 5) is 8.65. The van der Waals surface area contributed by atoms with E-state index in [1.165, 1.54) is 12.1 Å². The molecule has 0 amide bonds. The number of alkyl halides is 3. The maximum atomic E-state index is 12.6. The van der Waals surface area contributed by atoms with Crippen LogP contribution in [0.2, 0.25) is 0 Å². The minimum atomic E-state index is -4.34. The average molecular weight is 548 g/mol. The van der Waals surface area contributed by atoms with Gasteiger partial charge in [0.2, 0.25) is 0 Å². The van der Waals surface area contributed by atoms with Crippen molar-refractivity contribution in [2.45, 2.75) is 38.2 Å². The van der Waals surface area contributed by atoms with Gasteiger partial charge in [0.25, 0.3) is 0 Å². The van der Waals surface area contributed by atoms with Crippen molar-refractivity contribution in [1.29, 1.82) is 0 Å². The zero-order chi connectivity index (χ0) is 21.6. The van der Waals surface area contributed by atoms with Crippen molar-refractivity contribution in [3.05, 3.63) is 47.0 Å². The molecule has 31 heavy (non-hydrogen) atoms. The second kappa shape index (κ2) is 11.3. The van der Waals surface area contributed by atoms with Gasteiger partial charge in [0, 0.05) is 32.2 Å². The van der Waals surface area contributed by atoms with Crippen molar-refractivity contribution < 1.29 is 17.9 Å². The van der Waals surface area contributed by atoms with Gasteiger partial charge in [0.1, 0.15) is 12.4 Å². The molecule has 1 aliphatic heterocycles. The van der Waals surface area contributed by atoms with Crippen molar-refractivity contribution in [3.8, 4) is 11.8 Å². The molecule has 3 rings (SSSR count). The number of nitrogens with zero attached hydrogens (tertiary/aromatic N) is 4. The highest BCUT2D eigenvalue weighted by molar-refractivity contribution is 14.0. The van der Waals surface area contributed by atoms with Gasteiger partial charge in [-0.05, 0) is 30.7 Å². The summed E-state index contributed by atoms with van der Waals surface area (Å²) < 4.78 is 44.7. The standard InChI is InChI=1S/C20H23F3N6O.HI/c1-24-19(25-11-3-4-14-5-7-15(8-6-14)20(21,22)23)26-16-9-10-18-27-17(13-30-2)28-29(18)12-16;/h5-8,16H,9-13H2,1-2H3,(H2,24,25,26);1H. The van der Waals surface area contributed by atoms with Crippen LogP contribution >= 0.6 is 24.0 Å². The largest absolute Gasteiger partial charge is 0.416 e. The van der Waals surface area contributed by atoms with Gasteiger partial charge in [-0.15, -0.1) is 24.0 Å². The molecule has 0 radical (unpaired) electrons. The molecule has 11 heteroatoms. The quantitative estimate of drug-likeness (QED) is 0.266. The molecule has 2 aromatic rings. The highest BCUT2D eigenvalue weighted by Gasteiger charge is 2.29. The van der Waals surface area contributed by atoms with Crippen molar-refractivity contribution in [1.82, 2.24) is 25.4 Å². The van der Waals surface area contributed by atoms with E-state index in [2.05, 4.69) is 37.5 Å². The Hall–Kier alpha value is -2.33. The van der Waals surface area contributed by atoms with Gasteiger partial charge in [0.05, 0.1) is 18.7 Å². The maximum Gasteiger partial charge on any atom is 0.416 e. The molecule has 0 fully saturated rings. The van der Waals surface area contributed by atoms with E-state index in [0.717, 1.165) is 30.8 Å². The molecule has 0 saturated carbocycles. The van der Waals surface area contributed by atoms with Crippen LogP contribution in [0.3, 0.4) is 0 Å². The fourth-order valence-electron chi connectivity index (χ4n) is 3.07. The van der Waals surface area contributed by atoms with Gasteiger partial charge >= 0.3 is 6.18 Å². The molecule has 0 saturated heterocycles. The fraction of sp³-hybridized carbons (Fsp3) is 0.450. The monoisotopic (exact) mass is 548 g/mol. The normalized spacial score (nSPS) is 15.9. The van der Waals surface area contributed by atoms with Crippen LogP contribution in [0.15, 0.2) is 29.3 Å². The minimum absolute atomic E-state index is 0. The van der Waals surface area contributed by atoms with Crippen molar-refractivity contribution in [3.63, 3.8) is 0 Å². The third kappa shape index (κ3) is 7.10. The second-order valence-electron chi connectivity index (χ2n) is 6.74. The number of aromatic nitrogens is 3. The van der Waals surface area contributed by atoms with Gasteiger partial charge in [0.15, 0.2) is 11.8 Å². The zero-order valence-corrected chi connectivity index (χ0v) is 19.5. The van der Waals surface area contributed by atoms with Crippen LogP contribution in [-0.2, 0) is 30.5 Å². The average Bonchev–Trinajstić information content (AvgIpc) is 3.12. The number of halogens is 4. The number of aliphatic imine (C=N–C) groups is 1. The first-order chi connectivity index (χ1) is 14.4. The fourth-order valence-corrected chi connectivity index (χ4v) is 3.07. The van der Waals surface area contributed by atoms with Crippen LogP contribution in [0, 0.1) is 11.8 Å². The molecule has 7 nitrogen and oxygen atoms in total. The first-order valence-corrected chi connectivity index (χ1v) is 9.44. The predicted molar refractivity (Wildman–Crippen MR) is 121 cm³/mol. The first kappa shape index (κ1) is 24.9. The van der Waals surface area contributed by atoms with Gasteiger partial charge in [-0.1, -0.05) is 11.8 Å². The SMILES string of the molecule is CN=C(NCC#Cc1ccc(C(F)(F)F)cc1)NC1CCc2nc(COC)nn2C1.I. The second-order valence-corrected chi connectivity index (χ2v) is 6.74. The van der Waals surface area contributed by atoms with Crippen LogP contribution in [0.5, 0.6) is 0 Å². The first-order valence-electron chi connectivity index (χ1n) is 9.44. The van der Waals surface area contributed by atoms with Crippen molar-refractivity contribution in [2.75, 3.05) is 20.7 Å². The van der Waals surface area contributed by atoms with Crippen molar-refractivity contribution >= 4 is 29.9 Å². The lowest BCUT2D eigenvalue weighted by atomic mass is 10.1. The molecular weight excluding hydrogens is 524 g/mol. The van der Waals surface area contributed by atoms with E-state index in [4.69, 9.17) is 4.74 Å². The Morgan fingerprint density at radius 2 is 2.06 bits per heavy atom. The van der Waals surface area contributed by atoms with Crippen molar-refractivity contribution in [2.24, 2.45) is 4.99 Å². The van der Waals surface area contributed by atoms with E-state index in [1.54, 1.807) is 14.2 Å². The number of ether oxygens (including phenoxy) is 1. The Bertz CT molecular complexity index is 947. The Kier molecular flexibility index (Phi) is 9.12. The Morgan fingerprint density at radius 1 is 1.32 bits per heavy atom. The maximum absolute atomic E-state index is 12.6. The number of guanidine groups is 1. The van der Waals surface area contributed by atoms with Crippen LogP contribution < -0.4 is 10.6 Å². The van der Waals surface area contributed by atoms with Gasteiger partial charge in [-0.25, -0.2) is 9.67 Å². The number of fused-ring (bicyclic) bond motifs is 1. The predicted octanol–water partition coefficient (Wildman–Crippen LogP) is 2.59. The lowest BCUT2D eigenvalue weighted by Gasteiger charge is -2.25. The summed E-state index contributed by atoms with van der Waals surface area (Å²) in [5, 5.41) is 10.9. The lowest BCUT2D eigenvalue weighted by Crippen LogP contribution is -2.47. The third-order valence-electron chi connectivity index (χ3n) is 4.53. The summed E-state index contributed by atoms with van der Waals surface area (Å²) in [6.45, 7) is 1.36. The Balaban J connectivity index is 0.00000341. The summed E-state index contributed by atoms with van der Waals surface area (Å²) >= 11 is 0. The summed E-state index contributed by atoms with van der Waals surface area (Å²) in [5.41, 5.74) is -0.168. The number of hydrogen-bond acceptors (Lipinski definition) is 4. The Labute approximate surface area is 195 Å². The number of nitrogens with one attached hydrogen (secondary N) is 2. The summed E-state index contributed by atoms with van der Waals surface area (Å²) in [6, 6.07) is 4.91. The summed E-state index contributed by atoms with van der Waals surface area (Å²) in [6.07, 6.45) is -2.65. The number of methoxy groups -OCH3 is 1. The molecule has 1 aliphatic rings. The van der Waals surface area contributed by atoms with Gasteiger partial charge < -0.3 is 15.4 Å². The molecular formula is C20H24F3IN6O. The van der Waals surface area contributed by atoms with Crippen LogP contribution in [0.1, 0.15) is 29.2 Å². The molecule has 1 atom stereocenters. The van der Waals surface area contributed by atoms with Crippen LogP contribution in [-0.4, -0.2) is 47.5 Å². The van der Waals surface area contributed by atoms with E-state index in [0.29, 0.717) is 37.0 Å². The molecule has 1 unspecified atom stereocenters. The smallest absolute Gasteiger partial charge is 0.377 e. The highest BCUT2D eigenvalue weighted by atomic mass is 127. The highest BCUT2D eigenvalue weighted by Crippen LogP contribution is 2.28. The lowest BCUT2D eigenvalue weighted by molar-refractivity contribution is -0.137. The molecule has 1 aromatic heterocycles. The topological polar surface area (TPSA) is 76.4 Å². The van der Waals surface area contributed by atoms with Crippen LogP contribution in [0.25, 0.3) is 0 Å². The summed E-state index contributed by atoms with van der Waals surface area (Å²) in [7, 11) is 3.28. The molecule has 0 spiro atoms. The number of hydrogen-bond donors (Lipinski definition) is 2. The number of benzene rings is 1. The van der Waals surface area contributed by atoms with E-state index in [-0.39, 0.29) is 30.0 Å². The Morgan fingerprint density at radius 3 is 2.71 bits per heavy atom.